The minimum atomic E-state index is -0.977. The van der Waals surface area contributed by atoms with Crippen molar-refractivity contribution in [1.82, 2.24) is 10.6 Å². The van der Waals surface area contributed by atoms with Gasteiger partial charge in [-0.15, -0.1) is 0 Å². The van der Waals surface area contributed by atoms with Gasteiger partial charge in [-0.25, -0.2) is 4.79 Å². The molecule has 19 heavy (non-hydrogen) atoms. The fraction of sp³-hybridized carbons (Fsp3) is 0.667. The molecule has 0 aromatic rings. The fourth-order valence-electron chi connectivity index (χ4n) is 1.88. The fourth-order valence-corrected chi connectivity index (χ4v) is 1.88. The lowest BCUT2D eigenvalue weighted by Crippen LogP contribution is -3.05. The molecule has 0 aromatic carbocycles. The average molecular weight is 269 g/mol. The summed E-state index contributed by atoms with van der Waals surface area (Å²) in [5.41, 5.74) is 0.524. The average Bonchev–Trinajstić information content (AvgIpc) is 2.30. The Morgan fingerprint density at radius 2 is 1.79 bits per heavy atom. The number of nitrogens with zero attached hydrogens (tertiary/aromatic N) is 1. The normalized spacial score (nSPS) is 17.7. The molecule has 7 nitrogen and oxygen atoms in total. The summed E-state index contributed by atoms with van der Waals surface area (Å²) in [5.74, 6) is -2.16. The van der Waals surface area contributed by atoms with Gasteiger partial charge in [0.1, 0.15) is 0 Å². The van der Waals surface area contributed by atoms with Gasteiger partial charge in [0.2, 0.25) is 11.8 Å². The topological polar surface area (TPSA) is 92.1 Å². The number of nitrogens with one attached hydrogen (secondary N) is 3. The first kappa shape index (κ1) is 15.3. The first-order valence-corrected chi connectivity index (χ1v) is 6.43. The molecule has 0 spiro atoms. The largest absolute Gasteiger partial charge is 0.340 e. The predicted octanol–water partition coefficient (Wildman–Crippen LogP) is -1.65. The van der Waals surface area contributed by atoms with E-state index in [2.05, 4.69) is 29.7 Å². The molecule has 1 saturated heterocycles. The first-order chi connectivity index (χ1) is 8.95. The van der Waals surface area contributed by atoms with E-state index in [1.54, 1.807) is 0 Å². The maximum Gasteiger partial charge on any atom is 0.328 e. The number of carbonyl (C=O) groups excluding carboxylic acids is 3. The van der Waals surface area contributed by atoms with Gasteiger partial charge in [0, 0.05) is 18.7 Å². The van der Waals surface area contributed by atoms with E-state index < -0.39 is 23.8 Å². The summed E-state index contributed by atoms with van der Waals surface area (Å²) >= 11 is 0. The third kappa shape index (κ3) is 4.44. The zero-order valence-electron chi connectivity index (χ0n) is 11.6. The molecule has 0 aromatic heterocycles. The molecule has 106 valence electrons. The van der Waals surface area contributed by atoms with Gasteiger partial charge in [0.15, 0.2) is 5.92 Å². The van der Waals surface area contributed by atoms with E-state index >= 15 is 0 Å². The van der Waals surface area contributed by atoms with Gasteiger partial charge in [-0.3, -0.25) is 25.2 Å². The highest BCUT2D eigenvalue weighted by Crippen LogP contribution is 2.08. The third-order valence-corrected chi connectivity index (χ3v) is 2.84. The SMILES string of the molecule is CCC(=NCCC[NH+](C)C)C1C(=O)NC(=O)NC1=O. The standard InChI is InChI=1S/C12H20N4O3/c1-4-8(13-6-5-7-16(2)3)9-10(17)14-12(19)15-11(9)18/h9H,4-7H2,1-3H3,(H2,14,15,17,18,19)/p+1. The van der Waals surface area contributed by atoms with Crippen LogP contribution in [-0.2, 0) is 9.59 Å². The van der Waals surface area contributed by atoms with Gasteiger partial charge in [-0.1, -0.05) is 6.92 Å². The van der Waals surface area contributed by atoms with Gasteiger partial charge in [0.05, 0.1) is 20.6 Å². The highest BCUT2D eigenvalue weighted by Gasteiger charge is 2.37. The minimum Gasteiger partial charge on any atom is -0.340 e. The van der Waals surface area contributed by atoms with Crippen LogP contribution in [0.3, 0.4) is 0 Å². The molecular weight excluding hydrogens is 248 g/mol. The van der Waals surface area contributed by atoms with Crippen molar-refractivity contribution in [2.75, 3.05) is 27.2 Å². The van der Waals surface area contributed by atoms with Gasteiger partial charge in [-0.2, -0.15) is 0 Å². The Kier molecular flexibility index (Phi) is 5.62. The maximum absolute atomic E-state index is 11.7. The van der Waals surface area contributed by atoms with Crippen molar-refractivity contribution in [3.05, 3.63) is 0 Å². The monoisotopic (exact) mass is 269 g/mol. The molecule has 0 radical (unpaired) electrons. The lowest BCUT2D eigenvalue weighted by Gasteiger charge is -2.21. The van der Waals surface area contributed by atoms with Crippen LogP contribution in [-0.4, -0.2) is 50.7 Å². The number of imide groups is 2. The third-order valence-electron chi connectivity index (χ3n) is 2.84. The number of rotatable bonds is 6. The number of hydrogen-bond donors (Lipinski definition) is 3. The van der Waals surface area contributed by atoms with Gasteiger partial charge >= 0.3 is 6.03 Å². The Labute approximate surface area is 112 Å². The van der Waals surface area contributed by atoms with Crippen molar-refractivity contribution in [2.24, 2.45) is 10.9 Å². The predicted molar refractivity (Wildman–Crippen MR) is 70.1 cm³/mol. The van der Waals surface area contributed by atoms with Crippen LogP contribution in [0.25, 0.3) is 0 Å². The van der Waals surface area contributed by atoms with Crippen molar-refractivity contribution >= 4 is 23.6 Å². The van der Waals surface area contributed by atoms with E-state index in [9.17, 15) is 14.4 Å². The molecule has 3 N–H and O–H groups in total. The molecule has 7 heteroatoms. The molecule has 0 saturated carbocycles. The van der Waals surface area contributed by atoms with Crippen LogP contribution in [0, 0.1) is 5.92 Å². The van der Waals surface area contributed by atoms with E-state index in [1.165, 1.54) is 4.90 Å². The van der Waals surface area contributed by atoms with Crippen molar-refractivity contribution in [3.8, 4) is 0 Å². The van der Waals surface area contributed by atoms with Crippen LogP contribution in [0.15, 0.2) is 4.99 Å². The van der Waals surface area contributed by atoms with Crippen LogP contribution in [0.1, 0.15) is 19.8 Å². The van der Waals surface area contributed by atoms with Gasteiger partial charge in [0.25, 0.3) is 0 Å². The number of barbiturate groups is 1. The molecule has 4 amide bonds. The molecule has 1 aliphatic heterocycles. The highest BCUT2D eigenvalue weighted by atomic mass is 16.2. The molecule has 1 fully saturated rings. The lowest BCUT2D eigenvalue weighted by molar-refractivity contribution is -0.858. The molecule has 1 rings (SSSR count). The molecule has 0 unspecified atom stereocenters. The zero-order valence-corrected chi connectivity index (χ0v) is 11.6. The van der Waals surface area contributed by atoms with Crippen LogP contribution < -0.4 is 15.5 Å². The van der Waals surface area contributed by atoms with Crippen molar-refractivity contribution in [1.29, 1.82) is 0 Å². The van der Waals surface area contributed by atoms with Gasteiger partial charge < -0.3 is 4.90 Å². The van der Waals surface area contributed by atoms with Crippen molar-refractivity contribution in [3.63, 3.8) is 0 Å². The molecular formula is C12H21N4O3+. The molecule has 0 aliphatic carbocycles. The molecule has 1 heterocycles. The van der Waals surface area contributed by atoms with E-state index in [0.717, 1.165) is 13.0 Å². The van der Waals surface area contributed by atoms with Crippen molar-refractivity contribution < 1.29 is 19.3 Å². The zero-order chi connectivity index (χ0) is 14.4. The van der Waals surface area contributed by atoms with Crippen LogP contribution in [0.4, 0.5) is 4.79 Å². The Morgan fingerprint density at radius 1 is 1.21 bits per heavy atom. The number of hydrogen-bond acceptors (Lipinski definition) is 4. The number of aliphatic imine (C=N–C) groups is 1. The Bertz CT molecular complexity index is 384. The number of quaternary nitrogens is 1. The second-order valence-corrected chi connectivity index (χ2v) is 4.78. The first-order valence-electron chi connectivity index (χ1n) is 6.43. The lowest BCUT2D eigenvalue weighted by atomic mass is 9.97. The molecule has 1 aliphatic rings. The summed E-state index contributed by atoms with van der Waals surface area (Å²) in [6.45, 7) is 3.40. The molecule has 0 atom stereocenters. The molecule has 0 bridgehead atoms. The second kappa shape index (κ2) is 6.98. The number of carbonyl (C=O) groups is 3. The number of amides is 4. The number of urea groups is 1. The minimum absolute atomic E-state index is 0.508. The van der Waals surface area contributed by atoms with E-state index in [1.807, 2.05) is 6.92 Å². The van der Waals surface area contributed by atoms with Crippen LogP contribution >= 0.6 is 0 Å². The second-order valence-electron chi connectivity index (χ2n) is 4.78. The van der Waals surface area contributed by atoms with Crippen molar-refractivity contribution in [2.45, 2.75) is 19.8 Å². The van der Waals surface area contributed by atoms with E-state index in [-0.39, 0.29) is 0 Å². The summed E-state index contributed by atoms with van der Waals surface area (Å²) in [5, 5.41) is 4.18. The summed E-state index contributed by atoms with van der Waals surface area (Å²) in [4.78, 5) is 40.0. The van der Waals surface area contributed by atoms with Crippen LogP contribution in [0.2, 0.25) is 0 Å². The Hall–Kier alpha value is -1.76. The quantitative estimate of drug-likeness (QED) is 0.306. The van der Waals surface area contributed by atoms with Gasteiger partial charge in [-0.05, 0) is 6.42 Å². The summed E-state index contributed by atoms with van der Waals surface area (Å²) in [6, 6.07) is -0.766. The summed E-state index contributed by atoms with van der Waals surface area (Å²) in [7, 11) is 4.11. The highest BCUT2D eigenvalue weighted by molar-refractivity contribution is 6.27. The Morgan fingerprint density at radius 3 is 2.26 bits per heavy atom. The smallest absolute Gasteiger partial charge is 0.328 e. The van der Waals surface area contributed by atoms with E-state index in [4.69, 9.17) is 0 Å². The van der Waals surface area contributed by atoms with E-state index in [0.29, 0.717) is 18.7 Å². The maximum atomic E-state index is 11.7. The summed E-state index contributed by atoms with van der Waals surface area (Å²) < 4.78 is 0. The van der Waals surface area contributed by atoms with Crippen LogP contribution in [0.5, 0.6) is 0 Å². The summed E-state index contributed by atoms with van der Waals surface area (Å²) in [6.07, 6.45) is 1.40. The Balaban J connectivity index is 2.67.